The van der Waals surface area contributed by atoms with Crippen LogP contribution in [0.2, 0.25) is 0 Å². The van der Waals surface area contributed by atoms with E-state index in [-0.39, 0.29) is 0 Å². The summed E-state index contributed by atoms with van der Waals surface area (Å²) in [5, 5.41) is 3.51. The maximum atomic E-state index is 4.72. The summed E-state index contributed by atoms with van der Waals surface area (Å²) in [5.41, 5.74) is 1.14. The molecule has 0 aromatic carbocycles. The highest BCUT2D eigenvalue weighted by atomic mass is 15.2. The summed E-state index contributed by atoms with van der Waals surface area (Å²) in [6.45, 7) is 3.06. The molecule has 0 amide bonds. The fourth-order valence-electron chi connectivity index (χ4n) is 2.05. The smallest absolute Gasteiger partial charge is 0.128 e. The van der Waals surface area contributed by atoms with Gasteiger partial charge in [0.25, 0.3) is 0 Å². The lowest BCUT2D eigenvalue weighted by atomic mass is 10.3. The molecule has 1 saturated carbocycles. The number of hydrogen-bond acceptors (Lipinski definition) is 4. The van der Waals surface area contributed by atoms with Crippen LogP contribution in [0, 0.1) is 0 Å². The van der Waals surface area contributed by atoms with Crippen molar-refractivity contribution in [2.75, 3.05) is 39.1 Å². The topological polar surface area (TPSA) is 31.4 Å². The first-order valence-electron chi connectivity index (χ1n) is 7.20. The average Bonchev–Trinajstić information content (AvgIpc) is 3.20. The molecule has 4 nitrogen and oxygen atoms in total. The molecule has 1 fully saturated rings. The van der Waals surface area contributed by atoms with Crippen molar-refractivity contribution in [1.29, 1.82) is 0 Å². The average molecular weight is 262 g/mol. The molecule has 0 radical (unpaired) electrons. The van der Waals surface area contributed by atoms with E-state index in [0.29, 0.717) is 0 Å². The minimum atomic E-state index is 0.739. The summed E-state index contributed by atoms with van der Waals surface area (Å²) in [4.78, 5) is 9.18. The van der Waals surface area contributed by atoms with Gasteiger partial charge in [0.1, 0.15) is 5.82 Å². The second-order valence-corrected chi connectivity index (χ2v) is 5.72. The second-order valence-electron chi connectivity index (χ2n) is 5.72. The molecule has 2 rings (SSSR count). The van der Waals surface area contributed by atoms with E-state index in [0.717, 1.165) is 43.6 Å². The van der Waals surface area contributed by atoms with E-state index >= 15 is 0 Å². The van der Waals surface area contributed by atoms with Crippen molar-refractivity contribution in [3.05, 3.63) is 23.9 Å². The maximum absolute atomic E-state index is 4.72. The quantitative estimate of drug-likeness (QED) is 0.773. The Labute approximate surface area is 116 Å². The first-order chi connectivity index (χ1) is 9.15. The van der Waals surface area contributed by atoms with Gasteiger partial charge in [0.2, 0.25) is 0 Å². The predicted molar refractivity (Wildman–Crippen MR) is 80.5 cm³/mol. The lowest BCUT2D eigenvalue weighted by Gasteiger charge is -2.20. The molecule has 1 aliphatic rings. The molecule has 1 aliphatic carbocycles. The number of nitrogens with zero attached hydrogens (tertiary/aromatic N) is 3. The van der Waals surface area contributed by atoms with Crippen LogP contribution in [0.15, 0.2) is 18.2 Å². The van der Waals surface area contributed by atoms with Gasteiger partial charge in [0.15, 0.2) is 0 Å². The van der Waals surface area contributed by atoms with Crippen LogP contribution >= 0.6 is 0 Å². The summed E-state index contributed by atoms with van der Waals surface area (Å²) in [5.74, 6) is 1.08. The van der Waals surface area contributed by atoms with Gasteiger partial charge in [-0.05, 0) is 52.0 Å². The third-order valence-corrected chi connectivity index (χ3v) is 3.43. The molecule has 1 N–H and O–H groups in total. The zero-order valence-electron chi connectivity index (χ0n) is 12.4. The van der Waals surface area contributed by atoms with Crippen molar-refractivity contribution in [3.63, 3.8) is 0 Å². The van der Waals surface area contributed by atoms with Crippen molar-refractivity contribution in [3.8, 4) is 0 Å². The van der Waals surface area contributed by atoms with Crippen LogP contribution in [-0.2, 0) is 6.54 Å². The van der Waals surface area contributed by atoms with Gasteiger partial charge >= 0.3 is 0 Å². The van der Waals surface area contributed by atoms with Gasteiger partial charge in [-0.1, -0.05) is 6.07 Å². The SMILES string of the molecule is CN(C)CCCN(C)c1cccc(CNC2CC2)n1. The molecule has 0 spiro atoms. The van der Waals surface area contributed by atoms with Crippen LogP contribution in [0.25, 0.3) is 0 Å². The summed E-state index contributed by atoms with van der Waals surface area (Å²) in [6.07, 6.45) is 3.81. The van der Waals surface area contributed by atoms with Gasteiger partial charge in [0.05, 0.1) is 5.69 Å². The van der Waals surface area contributed by atoms with Crippen molar-refractivity contribution in [1.82, 2.24) is 15.2 Å². The number of aromatic nitrogens is 1. The van der Waals surface area contributed by atoms with Gasteiger partial charge in [-0.2, -0.15) is 0 Å². The highest BCUT2D eigenvalue weighted by molar-refractivity contribution is 5.38. The lowest BCUT2D eigenvalue weighted by Crippen LogP contribution is -2.24. The Balaban J connectivity index is 1.81. The highest BCUT2D eigenvalue weighted by Crippen LogP contribution is 2.19. The van der Waals surface area contributed by atoms with Crippen molar-refractivity contribution >= 4 is 5.82 Å². The third-order valence-electron chi connectivity index (χ3n) is 3.43. The Morgan fingerprint density at radius 2 is 2.00 bits per heavy atom. The standard InChI is InChI=1S/C15H26N4/c1-18(2)10-5-11-19(3)15-7-4-6-14(17-15)12-16-13-8-9-13/h4,6-7,13,16H,5,8-12H2,1-3H3. The molecule has 1 aromatic heterocycles. The van der Waals surface area contributed by atoms with Crippen molar-refractivity contribution in [2.24, 2.45) is 0 Å². The minimum absolute atomic E-state index is 0.739. The molecule has 0 aliphatic heterocycles. The van der Waals surface area contributed by atoms with E-state index in [1.165, 1.54) is 12.8 Å². The zero-order valence-corrected chi connectivity index (χ0v) is 12.4. The molecule has 4 heteroatoms. The summed E-state index contributed by atoms with van der Waals surface area (Å²) < 4.78 is 0. The van der Waals surface area contributed by atoms with Gasteiger partial charge in [-0.25, -0.2) is 4.98 Å². The number of hydrogen-bond donors (Lipinski definition) is 1. The molecule has 0 saturated heterocycles. The lowest BCUT2D eigenvalue weighted by molar-refractivity contribution is 0.401. The first kappa shape index (κ1) is 14.3. The summed E-state index contributed by atoms with van der Waals surface area (Å²) >= 11 is 0. The second kappa shape index (κ2) is 6.87. The van der Waals surface area contributed by atoms with Gasteiger partial charge in [-0.15, -0.1) is 0 Å². The Morgan fingerprint density at radius 3 is 2.68 bits per heavy atom. The zero-order chi connectivity index (χ0) is 13.7. The summed E-state index contributed by atoms with van der Waals surface area (Å²) in [7, 11) is 6.35. The molecular formula is C15H26N4. The summed E-state index contributed by atoms with van der Waals surface area (Å²) in [6, 6.07) is 7.04. The van der Waals surface area contributed by atoms with Gasteiger partial charge < -0.3 is 15.1 Å². The number of pyridine rings is 1. The Morgan fingerprint density at radius 1 is 1.21 bits per heavy atom. The Kier molecular flexibility index (Phi) is 5.16. The van der Waals surface area contributed by atoms with Crippen molar-refractivity contribution < 1.29 is 0 Å². The van der Waals surface area contributed by atoms with E-state index in [9.17, 15) is 0 Å². The molecule has 1 heterocycles. The molecular weight excluding hydrogens is 236 g/mol. The van der Waals surface area contributed by atoms with Crippen LogP contribution in [0.5, 0.6) is 0 Å². The predicted octanol–water partition coefficient (Wildman–Crippen LogP) is 1.72. The van der Waals surface area contributed by atoms with E-state index in [1.807, 2.05) is 0 Å². The highest BCUT2D eigenvalue weighted by Gasteiger charge is 2.20. The maximum Gasteiger partial charge on any atom is 0.128 e. The molecule has 106 valence electrons. The first-order valence-corrected chi connectivity index (χ1v) is 7.20. The van der Waals surface area contributed by atoms with Crippen molar-refractivity contribution in [2.45, 2.75) is 31.8 Å². The van der Waals surface area contributed by atoms with Crippen LogP contribution in [0.1, 0.15) is 25.0 Å². The van der Waals surface area contributed by atoms with Crippen LogP contribution in [0.4, 0.5) is 5.82 Å². The van der Waals surface area contributed by atoms with E-state index in [2.05, 4.69) is 54.5 Å². The van der Waals surface area contributed by atoms with Crippen LogP contribution in [-0.4, -0.2) is 50.2 Å². The molecule has 1 aromatic rings. The minimum Gasteiger partial charge on any atom is -0.360 e. The number of nitrogens with one attached hydrogen (secondary N) is 1. The Bertz CT molecular complexity index is 387. The number of rotatable bonds is 8. The van der Waals surface area contributed by atoms with Gasteiger partial charge in [-0.3, -0.25) is 0 Å². The molecule has 0 unspecified atom stereocenters. The number of anilines is 1. The third kappa shape index (κ3) is 5.17. The van der Waals surface area contributed by atoms with Crippen LogP contribution in [0.3, 0.4) is 0 Å². The molecule has 0 atom stereocenters. The molecule has 0 bridgehead atoms. The Hall–Kier alpha value is -1.13. The van der Waals surface area contributed by atoms with E-state index in [4.69, 9.17) is 4.98 Å². The normalized spacial score (nSPS) is 14.9. The van der Waals surface area contributed by atoms with E-state index < -0.39 is 0 Å². The molecule has 19 heavy (non-hydrogen) atoms. The van der Waals surface area contributed by atoms with E-state index in [1.54, 1.807) is 0 Å². The fraction of sp³-hybridized carbons (Fsp3) is 0.667. The fourth-order valence-corrected chi connectivity index (χ4v) is 2.05. The monoisotopic (exact) mass is 262 g/mol. The van der Waals surface area contributed by atoms with Crippen LogP contribution < -0.4 is 10.2 Å². The van der Waals surface area contributed by atoms with Gasteiger partial charge in [0, 0.05) is 26.2 Å². The largest absolute Gasteiger partial charge is 0.360 e.